The summed E-state index contributed by atoms with van der Waals surface area (Å²) in [7, 11) is 0. The Bertz CT molecular complexity index is 658. The van der Waals surface area contributed by atoms with E-state index in [4.69, 9.17) is 10.6 Å². The quantitative estimate of drug-likeness (QED) is 0.504. The number of hydrogen-bond donors (Lipinski definition) is 2. The van der Waals surface area contributed by atoms with Gasteiger partial charge in [0.2, 0.25) is 5.88 Å². The first kappa shape index (κ1) is 13.8. The number of nitrogens with zero attached hydrogens (tertiary/aromatic N) is 2. The molecule has 1 heterocycles. The van der Waals surface area contributed by atoms with E-state index in [0.717, 1.165) is 11.1 Å². The second-order valence-electron chi connectivity index (χ2n) is 4.25. The van der Waals surface area contributed by atoms with E-state index in [1.54, 1.807) is 6.07 Å². The number of nitrogens with one attached hydrogen (secondary N) is 1. The maximum Gasteiger partial charge on any atom is 0.278 e. The number of nitrogens with two attached hydrogens (primary N) is 1. The van der Waals surface area contributed by atoms with Crippen molar-refractivity contribution in [3.8, 4) is 11.6 Å². The monoisotopic (exact) mass is 274 g/mol. The van der Waals surface area contributed by atoms with E-state index in [0.29, 0.717) is 5.75 Å². The molecule has 0 spiro atoms. The van der Waals surface area contributed by atoms with Crippen molar-refractivity contribution >= 4 is 11.5 Å². The molecule has 0 radical (unpaired) electrons. The van der Waals surface area contributed by atoms with E-state index in [-0.39, 0.29) is 17.4 Å². The Hall–Kier alpha value is -2.67. The predicted molar refractivity (Wildman–Crippen MR) is 74.7 cm³/mol. The largest absolute Gasteiger partial charge is 0.438 e. The lowest BCUT2D eigenvalue weighted by atomic mass is 10.1. The van der Waals surface area contributed by atoms with Crippen LogP contribution in [-0.4, -0.2) is 9.91 Å². The molecular weight excluding hydrogens is 260 g/mol. The van der Waals surface area contributed by atoms with Crippen molar-refractivity contribution in [2.45, 2.75) is 13.8 Å². The van der Waals surface area contributed by atoms with Gasteiger partial charge < -0.3 is 10.2 Å². The van der Waals surface area contributed by atoms with Crippen molar-refractivity contribution in [2.75, 3.05) is 5.43 Å². The highest BCUT2D eigenvalue weighted by Gasteiger charge is 2.13. The van der Waals surface area contributed by atoms with Gasteiger partial charge in [-0.15, -0.1) is 0 Å². The van der Waals surface area contributed by atoms with Crippen LogP contribution in [0.5, 0.6) is 11.6 Å². The van der Waals surface area contributed by atoms with Crippen molar-refractivity contribution in [3.63, 3.8) is 0 Å². The Balaban J connectivity index is 2.40. The van der Waals surface area contributed by atoms with Gasteiger partial charge in [0.25, 0.3) is 5.69 Å². The summed E-state index contributed by atoms with van der Waals surface area (Å²) in [5.41, 5.74) is 4.14. The first-order valence-electron chi connectivity index (χ1n) is 5.88. The highest BCUT2D eigenvalue weighted by molar-refractivity contribution is 5.49. The zero-order valence-corrected chi connectivity index (χ0v) is 11.1. The third kappa shape index (κ3) is 2.83. The van der Waals surface area contributed by atoms with Crippen molar-refractivity contribution < 1.29 is 9.66 Å². The van der Waals surface area contributed by atoms with Gasteiger partial charge in [-0.05, 0) is 31.0 Å². The lowest BCUT2D eigenvalue weighted by molar-refractivity contribution is -0.384. The molecule has 1 aromatic heterocycles. The Morgan fingerprint density at radius 1 is 1.35 bits per heavy atom. The van der Waals surface area contributed by atoms with Gasteiger partial charge in [0.1, 0.15) is 5.75 Å². The Labute approximate surface area is 115 Å². The third-order valence-corrected chi connectivity index (χ3v) is 2.91. The van der Waals surface area contributed by atoms with Gasteiger partial charge in [-0.2, -0.15) is 4.98 Å². The standard InChI is InChI=1S/C13H14N4O3/c1-8-4-3-5-11(9(8)2)20-13-7-10(17(18)19)6-12(15-13)16-14/h3-7H,14H2,1-2H3,(H,15,16). The van der Waals surface area contributed by atoms with Crippen LogP contribution in [-0.2, 0) is 0 Å². The minimum atomic E-state index is -0.529. The zero-order valence-electron chi connectivity index (χ0n) is 11.1. The fourth-order valence-electron chi connectivity index (χ4n) is 1.67. The van der Waals surface area contributed by atoms with E-state index in [9.17, 15) is 10.1 Å². The van der Waals surface area contributed by atoms with E-state index in [2.05, 4.69) is 10.4 Å². The van der Waals surface area contributed by atoms with Crippen molar-refractivity contribution in [1.82, 2.24) is 4.98 Å². The number of pyridine rings is 1. The number of hydrazine groups is 1. The number of aryl methyl sites for hydroxylation is 1. The maximum absolute atomic E-state index is 10.8. The summed E-state index contributed by atoms with van der Waals surface area (Å²) < 4.78 is 5.61. The molecule has 0 aliphatic carbocycles. The van der Waals surface area contributed by atoms with Crippen LogP contribution in [0.1, 0.15) is 11.1 Å². The third-order valence-electron chi connectivity index (χ3n) is 2.91. The van der Waals surface area contributed by atoms with Crippen LogP contribution in [0, 0.1) is 24.0 Å². The number of hydrogen-bond acceptors (Lipinski definition) is 6. The molecule has 0 saturated carbocycles. The van der Waals surface area contributed by atoms with Crippen molar-refractivity contribution in [1.29, 1.82) is 0 Å². The van der Waals surface area contributed by atoms with Crippen LogP contribution in [0.25, 0.3) is 0 Å². The number of nitrogen functional groups attached to an aromatic ring is 1. The molecule has 20 heavy (non-hydrogen) atoms. The van der Waals surface area contributed by atoms with E-state index in [1.165, 1.54) is 12.1 Å². The summed E-state index contributed by atoms with van der Waals surface area (Å²) in [6.45, 7) is 3.86. The maximum atomic E-state index is 10.8. The summed E-state index contributed by atoms with van der Waals surface area (Å²) in [6, 6.07) is 8.06. The number of rotatable bonds is 4. The molecular formula is C13H14N4O3. The predicted octanol–water partition coefficient (Wildman–Crippen LogP) is 2.68. The molecule has 0 amide bonds. The highest BCUT2D eigenvalue weighted by atomic mass is 16.6. The summed E-state index contributed by atoms with van der Waals surface area (Å²) in [5, 5.41) is 10.8. The van der Waals surface area contributed by atoms with Crippen LogP contribution in [0.2, 0.25) is 0 Å². The zero-order chi connectivity index (χ0) is 14.7. The summed E-state index contributed by atoms with van der Waals surface area (Å²) >= 11 is 0. The summed E-state index contributed by atoms with van der Waals surface area (Å²) in [5.74, 6) is 6.12. The Morgan fingerprint density at radius 3 is 2.75 bits per heavy atom. The van der Waals surface area contributed by atoms with Gasteiger partial charge >= 0.3 is 0 Å². The number of nitro groups is 1. The first-order chi connectivity index (χ1) is 9.51. The van der Waals surface area contributed by atoms with Gasteiger partial charge in [0.05, 0.1) is 17.1 Å². The second kappa shape index (κ2) is 5.54. The molecule has 2 aromatic rings. The number of benzene rings is 1. The van der Waals surface area contributed by atoms with Gasteiger partial charge in [-0.1, -0.05) is 12.1 Å². The molecule has 0 aliphatic rings. The molecule has 0 atom stereocenters. The Morgan fingerprint density at radius 2 is 2.10 bits per heavy atom. The van der Waals surface area contributed by atoms with Crippen LogP contribution in [0.3, 0.4) is 0 Å². The molecule has 0 bridgehead atoms. The minimum Gasteiger partial charge on any atom is -0.438 e. The molecule has 7 nitrogen and oxygen atoms in total. The van der Waals surface area contributed by atoms with Crippen molar-refractivity contribution in [2.24, 2.45) is 5.84 Å². The summed E-state index contributed by atoms with van der Waals surface area (Å²) in [6.07, 6.45) is 0. The SMILES string of the molecule is Cc1cccc(Oc2cc([N+](=O)[O-])cc(NN)n2)c1C. The van der Waals surface area contributed by atoms with Gasteiger partial charge in [0, 0.05) is 0 Å². The van der Waals surface area contributed by atoms with Gasteiger partial charge in [-0.3, -0.25) is 10.1 Å². The number of ether oxygens (including phenoxy) is 1. The molecule has 0 unspecified atom stereocenters. The normalized spacial score (nSPS) is 10.2. The number of aromatic nitrogens is 1. The molecule has 1 aromatic carbocycles. The fourth-order valence-corrected chi connectivity index (χ4v) is 1.67. The lowest BCUT2D eigenvalue weighted by Gasteiger charge is -2.10. The lowest BCUT2D eigenvalue weighted by Crippen LogP contribution is -2.09. The molecule has 0 aliphatic heterocycles. The van der Waals surface area contributed by atoms with Crippen LogP contribution < -0.4 is 16.0 Å². The first-order valence-corrected chi connectivity index (χ1v) is 5.88. The van der Waals surface area contributed by atoms with Gasteiger partial charge in [0.15, 0.2) is 5.82 Å². The van der Waals surface area contributed by atoms with Crippen LogP contribution >= 0.6 is 0 Å². The summed E-state index contributed by atoms with van der Waals surface area (Å²) in [4.78, 5) is 14.4. The van der Waals surface area contributed by atoms with Crippen LogP contribution in [0.15, 0.2) is 30.3 Å². The average Bonchev–Trinajstić information content (AvgIpc) is 2.43. The topological polar surface area (TPSA) is 103 Å². The van der Waals surface area contributed by atoms with Crippen molar-refractivity contribution in [3.05, 3.63) is 51.6 Å². The molecule has 3 N–H and O–H groups in total. The molecule has 104 valence electrons. The molecule has 0 saturated heterocycles. The fraction of sp³-hybridized carbons (Fsp3) is 0.154. The second-order valence-corrected chi connectivity index (χ2v) is 4.25. The number of anilines is 1. The van der Waals surface area contributed by atoms with Gasteiger partial charge in [-0.25, -0.2) is 5.84 Å². The van der Waals surface area contributed by atoms with E-state index >= 15 is 0 Å². The molecule has 2 rings (SSSR count). The smallest absolute Gasteiger partial charge is 0.278 e. The van der Waals surface area contributed by atoms with E-state index in [1.807, 2.05) is 26.0 Å². The average molecular weight is 274 g/mol. The van der Waals surface area contributed by atoms with Crippen LogP contribution in [0.4, 0.5) is 11.5 Å². The highest BCUT2D eigenvalue weighted by Crippen LogP contribution is 2.29. The van der Waals surface area contributed by atoms with E-state index < -0.39 is 4.92 Å². The Kier molecular flexibility index (Phi) is 3.81. The molecule has 7 heteroatoms. The molecule has 0 fully saturated rings. The minimum absolute atomic E-state index is 0.112.